The molecule has 6 rings (SSSR count). The number of hydrogen-bond acceptors (Lipinski definition) is 5. The van der Waals surface area contributed by atoms with E-state index in [1.807, 2.05) is 78.9 Å². The molecule has 0 radical (unpaired) electrons. The second kappa shape index (κ2) is 7.42. The number of amides is 1. The summed E-state index contributed by atoms with van der Waals surface area (Å²) in [7, 11) is 0. The number of hydrogen-bond donors (Lipinski definition) is 1. The normalized spacial score (nSPS) is 12.8. The van der Waals surface area contributed by atoms with Crippen LogP contribution >= 0.6 is 0 Å². The quantitative estimate of drug-likeness (QED) is 0.405. The van der Waals surface area contributed by atoms with Crippen LogP contribution in [0.5, 0.6) is 11.5 Å². The van der Waals surface area contributed by atoms with Crippen molar-refractivity contribution in [3.63, 3.8) is 0 Å². The van der Waals surface area contributed by atoms with Crippen LogP contribution in [-0.2, 0) is 11.3 Å². The lowest BCUT2D eigenvalue weighted by Gasteiger charge is -2.27. The van der Waals surface area contributed by atoms with Crippen molar-refractivity contribution in [2.75, 3.05) is 0 Å². The van der Waals surface area contributed by atoms with Crippen molar-refractivity contribution >= 4 is 16.9 Å². The van der Waals surface area contributed by atoms with Crippen molar-refractivity contribution in [1.29, 1.82) is 0 Å². The Bertz CT molecular complexity index is 1370. The first-order chi connectivity index (χ1) is 15.8. The smallest absolute Gasteiger partial charge is 0.232 e. The molecule has 0 fully saturated rings. The standard InChI is InChI=1S/C26H18N2O4/c29-26(25-18-8-2-5-11-21(18)31-22-12-6-3-9-19(22)25)27-15-17-14-24(32-28-17)23-13-16-7-1-4-10-20(16)30-23/h1-14,25H,15H2,(H,27,29). The van der Waals surface area contributed by atoms with Crippen LogP contribution in [0.1, 0.15) is 22.7 Å². The highest BCUT2D eigenvalue weighted by molar-refractivity contribution is 5.89. The summed E-state index contributed by atoms with van der Waals surface area (Å²) in [4.78, 5) is 13.2. The van der Waals surface area contributed by atoms with E-state index in [4.69, 9.17) is 13.7 Å². The van der Waals surface area contributed by atoms with Gasteiger partial charge in [0.05, 0.1) is 12.5 Å². The average molecular weight is 422 g/mol. The Morgan fingerprint density at radius 2 is 1.53 bits per heavy atom. The minimum Gasteiger partial charge on any atom is -0.457 e. The fraction of sp³-hybridized carbons (Fsp3) is 0.0769. The molecule has 1 amide bonds. The Labute approximate surface area is 183 Å². The van der Waals surface area contributed by atoms with Crippen LogP contribution in [0.2, 0.25) is 0 Å². The summed E-state index contributed by atoms with van der Waals surface area (Å²) in [6.07, 6.45) is 0. The van der Waals surface area contributed by atoms with Crippen LogP contribution in [0.15, 0.2) is 93.9 Å². The first kappa shape index (κ1) is 18.4. The molecule has 5 aromatic rings. The van der Waals surface area contributed by atoms with Crippen LogP contribution in [0.25, 0.3) is 22.5 Å². The molecule has 0 unspecified atom stereocenters. The Morgan fingerprint density at radius 3 is 2.28 bits per heavy atom. The van der Waals surface area contributed by atoms with E-state index >= 15 is 0 Å². The van der Waals surface area contributed by atoms with Crippen molar-refractivity contribution in [2.24, 2.45) is 0 Å². The summed E-state index contributed by atoms with van der Waals surface area (Å²) in [5, 5.41) is 8.08. The Hall–Kier alpha value is -4.32. The van der Waals surface area contributed by atoms with Crippen LogP contribution < -0.4 is 10.1 Å². The first-order valence-corrected chi connectivity index (χ1v) is 10.3. The number of nitrogens with zero attached hydrogens (tertiary/aromatic N) is 1. The molecule has 1 aliphatic heterocycles. The van der Waals surface area contributed by atoms with Crippen LogP contribution in [0, 0.1) is 0 Å². The van der Waals surface area contributed by atoms with Crippen LogP contribution in [-0.4, -0.2) is 11.1 Å². The number of carbonyl (C=O) groups is 1. The van der Waals surface area contributed by atoms with Gasteiger partial charge in [-0.05, 0) is 24.3 Å². The lowest BCUT2D eigenvalue weighted by molar-refractivity contribution is -0.122. The molecule has 0 atom stereocenters. The van der Waals surface area contributed by atoms with Gasteiger partial charge in [-0.3, -0.25) is 4.79 Å². The molecule has 3 aromatic carbocycles. The number of rotatable bonds is 4. The predicted octanol–water partition coefficient (Wildman–Crippen LogP) is 5.64. The number of para-hydroxylation sites is 3. The minimum atomic E-state index is -0.460. The molecule has 0 aliphatic carbocycles. The van der Waals surface area contributed by atoms with E-state index in [9.17, 15) is 4.79 Å². The van der Waals surface area contributed by atoms with E-state index in [1.165, 1.54) is 0 Å². The Balaban J connectivity index is 1.23. The van der Waals surface area contributed by atoms with E-state index in [2.05, 4.69) is 10.5 Å². The van der Waals surface area contributed by atoms with Gasteiger partial charge < -0.3 is 19.0 Å². The molecule has 2 aromatic heterocycles. The maximum atomic E-state index is 13.2. The lowest BCUT2D eigenvalue weighted by atomic mass is 9.87. The average Bonchev–Trinajstić information content (AvgIpc) is 3.48. The summed E-state index contributed by atoms with van der Waals surface area (Å²) in [6, 6.07) is 26.7. The zero-order valence-corrected chi connectivity index (χ0v) is 16.9. The lowest BCUT2D eigenvalue weighted by Crippen LogP contribution is -2.31. The molecule has 0 spiro atoms. The van der Waals surface area contributed by atoms with Gasteiger partial charge in [0.1, 0.15) is 22.8 Å². The highest BCUT2D eigenvalue weighted by Gasteiger charge is 2.32. The van der Waals surface area contributed by atoms with Gasteiger partial charge in [0.25, 0.3) is 0 Å². The fourth-order valence-corrected chi connectivity index (χ4v) is 4.09. The summed E-state index contributed by atoms with van der Waals surface area (Å²) >= 11 is 0. The van der Waals surface area contributed by atoms with Gasteiger partial charge >= 0.3 is 0 Å². The van der Waals surface area contributed by atoms with Gasteiger partial charge in [-0.25, -0.2) is 0 Å². The molecule has 0 saturated carbocycles. The molecule has 156 valence electrons. The SMILES string of the molecule is O=C(NCc1cc(-c2cc3ccccc3o2)on1)C1c2ccccc2Oc2ccccc21. The third-order valence-electron chi connectivity index (χ3n) is 5.61. The summed E-state index contributed by atoms with van der Waals surface area (Å²) in [6.45, 7) is 0.240. The molecular formula is C26H18N2O4. The van der Waals surface area contributed by atoms with Crippen molar-refractivity contribution < 1.29 is 18.5 Å². The largest absolute Gasteiger partial charge is 0.457 e. The zero-order chi connectivity index (χ0) is 21.5. The number of benzene rings is 3. The molecule has 0 saturated heterocycles. The molecule has 6 nitrogen and oxygen atoms in total. The maximum absolute atomic E-state index is 13.2. The monoisotopic (exact) mass is 422 g/mol. The highest BCUT2D eigenvalue weighted by atomic mass is 16.5. The maximum Gasteiger partial charge on any atom is 0.232 e. The fourth-order valence-electron chi connectivity index (χ4n) is 4.09. The van der Waals surface area contributed by atoms with Gasteiger partial charge in [0.15, 0.2) is 5.76 Å². The van der Waals surface area contributed by atoms with Crippen LogP contribution in [0.3, 0.4) is 0 Å². The Kier molecular flexibility index (Phi) is 4.28. The molecule has 1 aliphatic rings. The molecule has 6 heteroatoms. The molecule has 32 heavy (non-hydrogen) atoms. The molecule has 3 heterocycles. The van der Waals surface area contributed by atoms with Gasteiger partial charge in [-0.1, -0.05) is 59.8 Å². The van der Waals surface area contributed by atoms with E-state index in [-0.39, 0.29) is 12.5 Å². The zero-order valence-electron chi connectivity index (χ0n) is 16.9. The van der Waals surface area contributed by atoms with Gasteiger partial charge in [-0.15, -0.1) is 0 Å². The topological polar surface area (TPSA) is 77.5 Å². The van der Waals surface area contributed by atoms with E-state index in [1.54, 1.807) is 6.07 Å². The van der Waals surface area contributed by atoms with Gasteiger partial charge in [0, 0.05) is 22.6 Å². The highest BCUT2D eigenvalue weighted by Crippen LogP contribution is 2.43. The number of nitrogens with one attached hydrogen (secondary N) is 1. The third kappa shape index (κ3) is 3.13. The number of carbonyl (C=O) groups excluding carboxylic acids is 1. The molecule has 0 bridgehead atoms. The third-order valence-corrected chi connectivity index (χ3v) is 5.61. The first-order valence-electron chi connectivity index (χ1n) is 10.3. The summed E-state index contributed by atoms with van der Waals surface area (Å²) in [5.41, 5.74) is 3.08. The van der Waals surface area contributed by atoms with Crippen LogP contribution in [0.4, 0.5) is 0 Å². The Morgan fingerprint density at radius 1 is 0.844 bits per heavy atom. The predicted molar refractivity (Wildman–Crippen MR) is 118 cm³/mol. The summed E-state index contributed by atoms with van der Waals surface area (Å²) in [5.74, 6) is 1.93. The minimum absolute atomic E-state index is 0.124. The van der Waals surface area contributed by atoms with Crippen molar-refractivity contribution in [3.8, 4) is 23.0 Å². The van der Waals surface area contributed by atoms with Crippen molar-refractivity contribution in [2.45, 2.75) is 12.5 Å². The second-order valence-electron chi connectivity index (χ2n) is 7.66. The molecule has 1 N–H and O–H groups in total. The van der Waals surface area contributed by atoms with Crippen molar-refractivity contribution in [3.05, 3.63) is 102 Å². The second-order valence-corrected chi connectivity index (χ2v) is 7.66. The van der Waals surface area contributed by atoms with Gasteiger partial charge in [-0.2, -0.15) is 0 Å². The van der Waals surface area contributed by atoms with E-state index in [0.717, 1.165) is 22.1 Å². The van der Waals surface area contributed by atoms with E-state index < -0.39 is 5.92 Å². The summed E-state index contributed by atoms with van der Waals surface area (Å²) < 4.78 is 17.3. The molecular weight excluding hydrogens is 404 g/mol. The number of ether oxygens (including phenoxy) is 1. The number of fused-ring (bicyclic) bond motifs is 3. The van der Waals surface area contributed by atoms with Crippen molar-refractivity contribution in [1.82, 2.24) is 10.5 Å². The van der Waals surface area contributed by atoms with Gasteiger partial charge in [0.2, 0.25) is 11.7 Å². The number of furan rings is 1. The number of aromatic nitrogens is 1. The van der Waals surface area contributed by atoms with E-state index in [0.29, 0.717) is 28.7 Å².